The second kappa shape index (κ2) is 8.08. The largest absolute Gasteiger partial charge is 0.380 e. The van der Waals surface area contributed by atoms with Crippen molar-refractivity contribution in [2.75, 3.05) is 26.4 Å². The molecule has 2 unspecified atom stereocenters. The van der Waals surface area contributed by atoms with Gasteiger partial charge in [0.15, 0.2) is 0 Å². The van der Waals surface area contributed by atoms with Crippen LogP contribution < -0.4 is 5.32 Å². The summed E-state index contributed by atoms with van der Waals surface area (Å²) in [6, 6.07) is 0.377. The van der Waals surface area contributed by atoms with Crippen molar-refractivity contribution < 1.29 is 9.47 Å². The third-order valence-electron chi connectivity index (χ3n) is 2.78. The summed E-state index contributed by atoms with van der Waals surface area (Å²) < 4.78 is 11.4. The molecule has 1 rings (SSSR count). The molecule has 3 nitrogen and oxygen atoms in total. The van der Waals surface area contributed by atoms with E-state index < -0.39 is 0 Å². The minimum Gasteiger partial charge on any atom is -0.380 e. The van der Waals surface area contributed by atoms with Gasteiger partial charge in [-0.1, -0.05) is 13.8 Å². The van der Waals surface area contributed by atoms with Gasteiger partial charge in [0.25, 0.3) is 0 Å². The highest BCUT2D eigenvalue weighted by atomic mass is 16.5. The van der Waals surface area contributed by atoms with Crippen LogP contribution in [0.25, 0.3) is 0 Å². The Morgan fingerprint density at radius 3 is 2.87 bits per heavy atom. The SMILES string of the molecule is CCCOCC(NCC)C1CCCCO1. The first-order chi connectivity index (χ1) is 7.38. The highest BCUT2D eigenvalue weighted by molar-refractivity contribution is 4.78. The van der Waals surface area contributed by atoms with E-state index in [1.54, 1.807) is 0 Å². The molecule has 1 aliphatic rings. The molecule has 3 heteroatoms. The molecule has 0 aliphatic carbocycles. The maximum Gasteiger partial charge on any atom is 0.0750 e. The number of hydrogen-bond donors (Lipinski definition) is 1. The number of nitrogens with one attached hydrogen (secondary N) is 1. The summed E-state index contributed by atoms with van der Waals surface area (Å²) in [5, 5.41) is 3.46. The lowest BCUT2D eigenvalue weighted by Crippen LogP contribution is -2.46. The number of rotatable bonds is 7. The van der Waals surface area contributed by atoms with E-state index in [9.17, 15) is 0 Å². The topological polar surface area (TPSA) is 30.5 Å². The summed E-state index contributed by atoms with van der Waals surface area (Å²) in [5.74, 6) is 0. The van der Waals surface area contributed by atoms with Crippen molar-refractivity contribution in [3.8, 4) is 0 Å². The molecule has 0 bridgehead atoms. The van der Waals surface area contributed by atoms with Crippen molar-refractivity contribution in [2.24, 2.45) is 0 Å². The summed E-state index contributed by atoms with van der Waals surface area (Å²) in [6.45, 7) is 7.82. The fourth-order valence-corrected chi connectivity index (χ4v) is 2.00. The highest BCUT2D eigenvalue weighted by Crippen LogP contribution is 2.16. The van der Waals surface area contributed by atoms with Gasteiger partial charge in [0.2, 0.25) is 0 Å². The zero-order chi connectivity index (χ0) is 10.9. The van der Waals surface area contributed by atoms with Gasteiger partial charge in [-0.2, -0.15) is 0 Å². The molecule has 2 atom stereocenters. The van der Waals surface area contributed by atoms with E-state index in [-0.39, 0.29) is 0 Å². The molecule has 15 heavy (non-hydrogen) atoms. The Kier molecular flexibility index (Phi) is 6.98. The first kappa shape index (κ1) is 12.9. The van der Waals surface area contributed by atoms with Crippen LogP contribution in [0, 0.1) is 0 Å². The van der Waals surface area contributed by atoms with Gasteiger partial charge in [-0.3, -0.25) is 0 Å². The average Bonchev–Trinajstić information content (AvgIpc) is 2.29. The van der Waals surface area contributed by atoms with Gasteiger partial charge < -0.3 is 14.8 Å². The van der Waals surface area contributed by atoms with E-state index in [0.29, 0.717) is 12.1 Å². The molecule has 1 heterocycles. The molecule has 0 spiro atoms. The van der Waals surface area contributed by atoms with Gasteiger partial charge >= 0.3 is 0 Å². The highest BCUT2D eigenvalue weighted by Gasteiger charge is 2.23. The predicted molar refractivity (Wildman–Crippen MR) is 62.2 cm³/mol. The fraction of sp³-hybridized carbons (Fsp3) is 1.00. The zero-order valence-corrected chi connectivity index (χ0v) is 10.1. The number of likely N-dealkylation sites (N-methyl/N-ethyl adjacent to an activating group) is 1. The molecule has 0 aromatic carbocycles. The average molecular weight is 215 g/mol. The lowest BCUT2D eigenvalue weighted by molar-refractivity contribution is -0.0301. The summed E-state index contributed by atoms with van der Waals surface area (Å²) in [6.07, 6.45) is 5.12. The minimum absolute atomic E-state index is 0.357. The van der Waals surface area contributed by atoms with E-state index >= 15 is 0 Å². The normalized spacial score (nSPS) is 24.0. The lowest BCUT2D eigenvalue weighted by Gasteiger charge is -2.30. The van der Waals surface area contributed by atoms with Gasteiger partial charge in [0.1, 0.15) is 0 Å². The van der Waals surface area contributed by atoms with Crippen molar-refractivity contribution in [1.29, 1.82) is 0 Å². The Hall–Kier alpha value is -0.120. The molecule has 1 N–H and O–H groups in total. The molecule has 0 aromatic heterocycles. The van der Waals surface area contributed by atoms with Crippen LogP contribution in [0.1, 0.15) is 39.5 Å². The van der Waals surface area contributed by atoms with Crippen molar-refractivity contribution in [3.63, 3.8) is 0 Å². The second-order valence-corrected chi connectivity index (χ2v) is 4.14. The molecule has 1 fully saturated rings. The van der Waals surface area contributed by atoms with Crippen LogP contribution in [0.2, 0.25) is 0 Å². The third-order valence-corrected chi connectivity index (χ3v) is 2.78. The van der Waals surface area contributed by atoms with Crippen LogP contribution in [-0.4, -0.2) is 38.5 Å². The molecule has 0 saturated carbocycles. The Bertz CT molecular complexity index is 147. The minimum atomic E-state index is 0.357. The molecule has 0 amide bonds. The van der Waals surface area contributed by atoms with Gasteiger partial charge in [0.05, 0.1) is 18.8 Å². The van der Waals surface area contributed by atoms with Gasteiger partial charge in [0, 0.05) is 13.2 Å². The Labute approximate surface area is 93.5 Å². The van der Waals surface area contributed by atoms with E-state index in [1.807, 2.05) is 0 Å². The molecular weight excluding hydrogens is 190 g/mol. The first-order valence-corrected chi connectivity index (χ1v) is 6.31. The summed E-state index contributed by atoms with van der Waals surface area (Å²) in [7, 11) is 0. The lowest BCUT2D eigenvalue weighted by atomic mass is 10.0. The molecule has 0 radical (unpaired) electrons. The van der Waals surface area contributed by atoms with Crippen molar-refractivity contribution in [2.45, 2.75) is 51.7 Å². The van der Waals surface area contributed by atoms with Gasteiger partial charge in [-0.25, -0.2) is 0 Å². The standard InChI is InChI=1S/C12H25NO2/c1-3-8-14-10-11(13-4-2)12-7-5-6-9-15-12/h11-13H,3-10H2,1-2H3. The molecule has 1 aliphatic heterocycles. The smallest absolute Gasteiger partial charge is 0.0750 e. The number of hydrogen-bond acceptors (Lipinski definition) is 3. The maximum absolute atomic E-state index is 5.78. The van der Waals surface area contributed by atoms with Crippen LogP contribution in [0.3, 0.4) is 0 Å². The molecule has 1 saturated heterocycles. The van der Waals surface area contributed by atoms with Crippen molar-refractivity contribution in [3.05, 3.63) is 0 Å². The number of ether oxygens (including phenoxy) is 2. The molecule has 0 aromatic rings. The van der Waals surface area contributed by atoms with Crippen LogP contribution in [0.5, 0.6) is 0 Å². The Balaban J connectivity index is 2.26. The monoisotopic (exact) mass is 215 g/mol. The van der Waals surface area contributed by atoms with Crippen molar-refractivity contribution in [1.82, 2.24) is 5.32 Å². The summed E-state index contributed by atoms with van der Waals surface area (Å²) in [4.78, 5) is 0. The summed E-state index contributed by atoms with van der Waals surface area (Å²) in [5.41, 5.74) is 0. The van der Waals surface area contributed by atoms with E-state index in [4.69, 9.17) is 9.47 Å². The third kappa shape index (κ3) is 4.96. The Morgan fingerprint density at radius 1 is 1.40 bits per heavy atom. The fourth-order valence-electron chi connectivity index (χ4n) is 2.00. The molecular formula is C12H25NO2. The zero-order valence-electron chi connectivity index (χ0n) is 10.1. The van der Waals surface area contributed by atoms with E-state index in [2.05, 4.69) is 19.2 Å². The van der Waals surface area contributed by atoms with Gasteiger partial charge in [-0.05, 0) is 32.2 Å². The second-order valence-electron chi connectivity index (χ2n) is 4.14. The Morgan fingerprint density at radius 2 is 2.27 bits per heavy atom. The van der Waals surface area contributed by atoms with Crippen molar-refractivity contribution >= 4 is 0 Å². The van der Waals surface area contributed by atoms with Crippen LogP contribution in [0.15, 0.2) is 0 Å². The predicted octanol–water partition coefficient (Wildman–Crippen LogP) is 1.96. The molecule has 90 valence electrons. The van der Waals surface area contributed by atoms with Gasteiger partial charge in [-0.15, -0.1) is 0 Å². The van der Waals surface area contributed by atoms with Crippen LogP contribution in [0.4, 0.5) is 0 Å². The summed E-state index contributed by atoms with van der Waals surface area (Å²) >= 11 is 0. The van der Waals surface area contributed by atoms with Crippen LogP contribution in [-0.2, 0) is 9.47 Å². The van der Waals surface area contributed by atoms with E-state index in [1.165, 1.54) is 19.3 Å². The quantitative estimate of drug-likeness (QED) is 0.659. The first-order valence-electron chi connectivity index (χ1n) is 6.31. The van der Waals surface area contributed by atoms with Crippen LogP contribution >= 0.6 is 0 Å². The van der Waals surface area contributed by atoms with E-state index in [0.717, 1.165) is 32.8 Å². The maximum atomic E-state index is 5.78.